The van der Waals surface area contributed by atoms with Crippen LogP contribution in [0.4, 0.5) is 4.39 Å². The Bertz CT molecular complexity index is 886. The van der Waals surface area contributed by atoms with Crippen molar-refractivity contribution in [1.82, 2.24) is 14.8 Å². The number of fused-ring (bicyclic) bond motifs is 3. The van der Waals surface area contributed by atoms with E-state index in [4.69, 9.17) is 0 Å². The molecule has 1 aromatic carbocycles. The first kappa shape index (κ1) is 17.2. The van der Waals surface area contributed by atoms with E-state index in [1.54, 1.807) is 6.07 Å². The lowest BCUT2D eigenvalue weighted by Crippen LogP contribution is -2.39. The number of carbonyl (C=O) groups is 1. The van der Waals surface area contributed by atoms with Gasteiger partial charge in [-0.2, -0.15) is 0 Å². The molecule has 2 aliphatic rings. The lowest BCUT2D eigenvalue weighted by atomic mass is 9.98. The predicted octanol–water partition coefficient (Wildman–Crippen LogP) is 2.43. The van der Waals surface area contributed by atoms with Crippen molar-refractivity contribution >= 4 is 16.7 Å². The third kappa shape index (κ3) is 3.38. The zero-order valence-corrected chi connectivity index (χ0v) is 14.9. The van der Waals surface area contributed by atoms with E-state index in [0.29, 0.717) is 31.3 Å². The van der Waals surface area contributed by atoms with Crippen LogP contribution < -0.4 is 5.56 Å². The van der Waals surface area contributed by atoms with Gasteiger partial charge in [-0.15, -0.1) is 0 Å². The van der Waals surface area contributed by atoms with Crippen LogP contribution in [0.5, 0.6) is 0 Å². The summed E-state index contributed by atoms with van der Waals surface area (Å²) in [4.78, 5) is 32.0. The standard InChI is InChI=1S/C20H24FN3O2/c21-14-4-5-15-16(12-14)20(26)22-18-6-11-24(13-17(15)18)19(25)7-10-23-8-2-1-3-9-23/h4-5,12H,1-3,6-11,13H2,(H,22,26). The fourth-order valence-electron chi connectivity index (χ4n) is 4.13. The number of likely N-dealkylation sites (tertiary alicyclic amines) is 1. The van der Waals surface area contributed by atoms with Gasteiger partial charge in [0, 0.05) is 38.2 Å². The van der Waals surface area contributed by atoms with Gasteiger partial charge in [0.05, 0.1) is 5.39 Å². The van der Waals surface area contributed by atoms with Gasteiger partial charge in [0.1, 0.15) is 5.82 Å². The van der Waals surface area contributed by atoms with E-state index in [9.17, 15) is 14.0 Å². The number of H-pyrrole nitrogens is 1. The molecular formula is C20H24FN3O2. The van der Waals surface area contributed by atoms with Crippen molar-refractivity contribution in [2.24, 2.45) is 0 Å². The fraction of sp³-hybridized carbons (Fsp3) is 0.500. The number of nitrogens with one attached hydrogen (secondary N) is 1. The average molecular weight is 357 g/mol. The van der Waals surface area contributed by atoms with Gasteiger partial charge in [-0.05, 0) is 49.0 Å². The molecule has 0 aliphatic carbocycles. The van der Waals surface area contributed by atoms with Gasteiger partial charge in [0.2, 0.25) is 5.91 Å². The first-order valence-electron chi connectivity index (χ1n) is 9.45. The van der Waals surface area contributed by atoms with Crippen molar-refractivity contribution in [1.29, 1.82) is 0 Å². The van der Waals surface area contributed by atoms with Crippen molar-refractivity contribution in [3.63, 3.8) is 0 Å². The van der Waals surface area contributed by atoms with E-state index < -0.39 is 5.82 Å². The molecule has 0 unspecified atom stereocenters. The molecule has 0 radical (unpaired) electrons. The summed E-state index contributed by atoms with van der Waals surface area (Å²) >= 11 is 0. The third-order valence-corrected chi connectivity index (χ3v) is 5.60. The van der Waals surface area contributed by atoms with Crippen LogP contribution in [0, 0.1) is 5.82 Å². The zero-order chi connectivity index (χ0) is 18.1. The molecule has 2 aromatic rings. The molecule has 0 saturated carbocycles. The summed E-state index contributed by atoms with van der Waals surface area (Å²) in [6.07, 6.45) is 4.90. The summed E-state index contributed by atoms with van der Waals surface area (Å²) in [6.45, 7) is 4.10. The summed E-state index contributed by atoms with van der Waals surface area (Å²) in [5.74, 6) is -0.268. The highest BCUT2D eigenvalue weighted by Crippen LogP contribution is 2.25. The van der Waals surface area contributed by atoms with Crippen LogP contribution in [0.1, 0.15) is 36.9 Å². The number of halogens is 1. The highest BCUT2D eigenvalue weighted by Gasteiger charge is 2.24. The van der Waals surface area contributed by atoms with E-state index >= 15 is 0 Å². The Morgan fingerprint density at radius 1 is 1.12 bits per heavy atom. The van der Waals surface area contributed by atoms with Gasteiger partial charge in [-0.1, -0.05) is 12.5 Å². The Balaban J connectivity index is 1.51. The van der Waals surface area contributed by atoms with Crippen LogP contribution in [0.15, 0.2) is 23.0 Å². The van der Waals surface area contributed by atoms with Crippen molar-refractivity contribution in [2.45, 2.75) is 38.6 Å². The molecule has 1 aromatic heterocycles. The van der Waals surface area contributed by atoms with Crippen LogP contribution >= 0.6 is 0 Å². The molecule has 0 bridgehead atoms. The van der Waals surface area contributed by atoms with Crippen molar-refractivity contribution in [3.8, 4) is 0 Å². The molecule has 26 heavy (non-hydrogen) atoms. The van der Waals surface area contributed by atoms with Gasteiger partial charge < -0.3 is 14.8 Å². The quantitative estimate of drug-likeness (QED) is 0.918. The minimum absolute atomic E-state index is 0.155. The lowest BCUT2D eigenvalue weighted by molar-refractivity contribution is -0.132. The summed E-state index contributed by atoms with van der Waals surface area (Å²) in [6, 6.07) is 4.30. The third-order valence-electron chi connectivity index (χ3n) is 5.60. The largest absolute Gasteiger partial charge is 0.338 e. The number of aromatic amines is 1. The van der Waals surface area contributed by atoms with Crippen LogP contribution in [0.2, 0.25) is 0 Å². The minimum Gasteiger partial charge on any atom is -0.338 e. The molecule has 3 heterocycles. The van der Waals surface area contributed by atoms with Crippen LogP contribution in [0.3, 0.4) is 0 Å². The maximum Gasteiger partial charge on any atom is 0.256 e. The number of nitrogens with zero attached hydrogens (tertiary/aromatic N) is 2. The Kier molecular flexibility index (Phi) is 4.76. The maximum atomic E-state index is 13.5. The molecule has 1 saturated heterocycles. The van der Waals surface area contributed by atoms with Crippen molar-refractivity contribution in [2.75, 3.05) is 26.2 Å². The smallest absolute Gasteiger partial charge is 0.256 e. The summed E-state index contributed by atoms with van der Waals surface area (Å²) in [5, 5.41) is 1.10. The Labute approximate surface area is 151 Å². The number of hydrogen-bond acceptors (Lipinski definition) is 3. The van der Waals surface area contributed by atoms with Crippen molar-refractivity contribution in [3.05, 3.63) is 45.6 Å². The average Bonchev–Trinajstić information content (AvgIpc) is 2.67. The monoisotopic (exact) mass is 357 g/mol. The molecular weight excluding hydrogens is 333 g/mol. The molecule has 6 heteroatoms. The van der Waals surface area contributed by atoms with E-state index in [1.165, 1.54) is 31.4 Å². The molecule has 1 N–H and O–H groups in total. The summed E-state index contributed by atoms with van der Waals surface area (Å²) < 4.78 is 13.5. The minimum atomic E-state index is -0.423. The second-order valence-corrected chi connectivity index (χ2v) is 7.32. The van der Waals surface area contributed by atoms with Gasteiger partial charge in [-0.3, -0.25) is 9.59 Å². The number of aromatic nitrogens is 1. The Hall–Kier alpha value is -2.21. The molecule has 1 fully saturated rings. The molecule has 4 rings (SSSR count). The molecule has 138 valence electrons. The fourth-order valence-corrected chi connectivity index (χ4v) is 4.13. The molecule has 1 amide bonds. The van der Waals surface area contributed by atoms with E-state index in [-0.39, 0.29) is 11.5 Å². The summed E-state index contributed by atoms with van der Waals surface area (Å²) in [5.41, 5.74) is 1.55. The van der Waals surface area contributed by atoms with Crippen LogP contribution in [-0.4, -0.2) is 46.9 Å². The Morgan fingerprint density at radius 3 is 2.73 bits per heavy atom. The van der Waals surface area contributed by atoms with E-state index in [1.807, 2.05) is 4.90 Å². The highest BCUT2D eigenvalue weighted by molar-refractivity contribution is 5.86. The second-order valence-electron chi connectivity index (χ2n) is 7.32. The topological polar surface area (TPSA) is 56.4 Å². The summed E-state index contributed by atoms with van der Waals surface area (Å²) in [7, 11) is 0. The molecule has 0 spiro atoms. The lowest BCUT2D eigenvalue weighted by Gasteiger charge is -2.31. The molecule has 5 nitrogen and oxygen atoms in total. The first-order valence-corrected chi connectivity index (χ1v) is 9.45. The molecule has 0 atom stereocenters. The van der Waals surface area contributed by atoms with Gasteiger partial charge in [0.15, 0.2) is 0 Å². The van der Waals surface area contributed by atoms with Gasteiger partial charge >= 0.3 is 0 Å². The van der Waals surface area contributed by atoms with E-state index in [0.717, 1.165) is 36.3 Å². The number of amides is 1. The number of rotatable bonds is 3. The maximum absolute atomic E-state index is 13.5. The number of hydrogen-bond donors (Lipinski definition) is 1. The zero-order valence-electron chi connectivity index (χ0n) is 14.9. The van der Waals surface area contributed by atoms with Crippen LogP contribution in [0.25, 0.3) is 10.8 Å². The first-order chi connectivity index (χ1) is 12.6. The Morgan fingerprint density at radius 2 is 1.92 bits per heavy atom. The number of benzene rings is 1. The van der Waals surface area contributed by atoms with Gasteiger partial charge in [0.25, 0.3) is 5.56 Å². The SMILES string of the molecule is O=C(CCN1CCCCC1)N1CCc2[nH]c(=O)c3cc(F)ccc3c2C1. The van der Waals surface area contributed by atoms with E-state index in [2.05, 4.69) is 9.88 Å². The number of pyridine rings is 1. The van der Waals surface area contributed by atoms with Crippen LogP contribution in [-0.2, 0) is 17.8 Å². The van der Waals surface area contributed by atoms with Gasteiger partial charge in [-0.25, -0.2) is 4.39 Å². The highest BCUT2D eigenvalue weighted by atomic mass is 19.1. The number of piperidine rings is 1. The van der Waals surface area contributed by atoms with Crippen molar-refractivity contribution < 1.29 is 9.18 Å². The normalized spacial score (nSPS) is 18.1. The number of carbonyl (C=O) groups excluding carboxylic acids is 1. The molecule has 2 aliphatic heterocycles. The predicted molar refractivity (Wildman–Crippen MR) is 98.6 cm³/mol. The second kappa shape index (κ2) is 7.19.